The molecular weight excluding hydrogens is 384 g/mol. The summed E-state index contributed by atoms with van der Waals surface area (Å²) in [6.07, 6.45) is 13.7. The van der Waals surface area contributed by atoms with Gasteiger partial charge in [-0.25, -0.2) is 4.48 Å². The lowest BCUT2D eigenvalue weighted by Crippen LogP contribution is -2.56. The number of allylic oxidation sites excluding steroid dienone is 2. The second-order valence-electron chi connectivity index (χ2n) is 8.51. The number of quaternary nitrogens is 1. The van der Waals surface area contributed by atoms with Crippen molar-refractivity contribution in [3.63, 3.8) is 0 Å². The second kappa shape index (κ2) is 10.1. The van der Waals surface area contributed by atoms with Gasteiger partial charge in [-0.3, -0.25) is 0 Å². The highest BCUT2D eigenvalue weighted by Gasteiger charge is 2.46. The minimum Gasteiger partial charge on any atom is -0.439 e. The molecule has 0 saturated heterocycles. The highest BCUT2D eigenvalue weighted by atomic mass is 16.5. The molecule has 0 bridgehead atoms. The lowest BCUT2D eigenvalue weighted by Gasteiger charge is -2.37. The van der Waals surface area contributed by atoms with E-state index in [1.165, 1.54) is 44.2 Å². The molecule has 0 amide bonds. The Bertz CT molecular complexity index is 897. The van der Waals surface area contributed by atoms with Gasteiger partial charge in [-0.05, 0) is 50.0 Å². The van der Waals surface area contributed by atoms with Gasteiger partial charge in [-0.2, -0.15) is 0 Å². The number of nitrogens with one attached hydrogen (secondary N) is 1. The third-order valence-corrected chi connectivity index (χ3v) is 6.29. The van der Waals surface area contributed by atoms with Crippen LogP contribution < -0.4 is 19.3 Å². The maximum atomic E-state index is 6.51. The van der Waals surface area contributed by atoms with E-state index < -0.39 is 0 Å². The van der Waals surface area contributed by atoms with Gasteiger partial charge in [-0.1, -0.05) is 57.0 Å². The molecule has 0 saturated carbocycles. The molecule has 4 heteroatoms. The molecule has 0 fully saturated rings. The van der Waals surface area contributed by atoms with E-state index in [0.717, 1.165) is 40.6 Å². The predicted octanol–water partition coefficient (Wildman–Crippen LogP) is 6.99. The van der Waals surface area contributed by atoms with Crippen molar-refractivity contribution in [3.8, 4) is 11.5 Å². The van der Waals surface area contributed by atoms with Crippen molar-refractivity contribution in [3.05, 3.63) is 72.6 Å². The Labute approximate surface area is 186 Å². The Morgan fingerprint density at radius 3 is 2.26 bits per heavy atom. The first-order valence-corrected chi connectivity index (χ1v) is 11.8. The largest absolute Gasteiger partial charge is 0.439 e. The Morgan fingerprint density at radius 1 is 0.871 bits per heavy atom. The van der Waals surface area contributed by atoms with Gasteiger partial charge in [0.1, 0.15) is 0 Å². The summed E-state index contributed by atoms with van der Waals surface area (Å²) in [7, 11) is 0. The molecule has 4 rings (SSSR count). The minimum absolute atomic E-state index is 0.00765. The van der Waals surface area contributed by atoms with Crippen LogP contribution in [-0.2, 0) is 0 Å². The number of para-hydroxylation sites is 4. The SMILES string of the molecule is CCCCC[N+]1(CCCCC)c2ccccc2OC1C=CC=C1Nc2ccccc2O1. The Hall–Kier alpha value is -2.72. The summed E-state index contributed by atoms with van der Waals surface area (Å²) in [4.78, 5) is 0. The van der Waals surface area contributed by atoms with Gasteiger partial charge in [0.25, 0.3) is 6.23 Å². The van der Waals surface area contributed by atoms with Crippen LogP contribution in [0.1, 0.15) is 52.4 Å². The number of unbranched alkanes of at least 4 members (excludes halogenated alkanes) is 4. The lowest BCUT2D eigenvalue weighted by atomic mass is 10.1. The summed E-state index contributed by atoms with van der Waals surface area (Å²) in [6, 6.07) is 16.6. The summed E-state index contributed by atoms with van der Waals surface area (Å²) in [6.45, 7) is 6.76. The molecule has 0 radical (unpaired) electrons. The third kappa shape index (κ3) is 4.64. The van der Waals surface area contributed by atoms with Crippen LogP contribution in [-0.4, -0.2) is 19.3 Å². The average molecular weight is 420 g/mol. The molecule has 164 valence electrons. The van der Waals surface area contributed by atoms with Gasteiger partial charge in [0, 0.05) is 12.1 Å². The molecule has 1 atom stereocenters. The third-order valence-electron chi connectivity index (χ3n) is 6.29. The van der Waals surface area contributed by atoms with E-state index in [2.05, 4.69) is 55.6 Å². The van der Waals surface area contributed by atoms with Crippen LogP contribution in [0.3, 0.4) is 0 Å². The van der Waals surface area contributed by atoms with E-state index >= 15 is 0 Å². The highest BCUT2D eigenvalue weighted by molar-refractivity contribution is 5.64. The van der Waals surface area contributed by atoms with Gasteiger partial charge < -0.3 is 14.8 Å². The van der Waals surface area contributed by atoms with Gasteiger partial charge in [-0.15, -0.1) is 0 Å². The standard InChI is InChI=1S/C27H35N2O2/c1-3-5-11-20-29(21-12-6-4-2)23-15-8-10-17-25(23)31-27(29)19-13-18-26-28-22-14-7-9-16-24(22)30-26/h7-10,13-19,27-28H,3-6,11-12,20-21H2,1-2H3/q+1. The predicted molar refractivity (Wildman–Crippen MR) is 129 cm³/mol. The molecule has 2 aliphatic rings. The van der Waals surface area contributed by atoms with Crippen LogP contribution in [0, 0.1) is 0 Å². The van der Waals surface area contributed by atoms with Crippen LogP contribution in [0.25, 0.3) is 0 Å². The number of hydrogen-bond donors (Lipinski definition) is 1. The van der Waals surface area contributed by atoms with Crippen molar-refractivity contribution in [2.24, 2.45) is 0 Å². The van der Waals surface area contributed by atoms with E-state index in [4.69, 9.17) is 9.47 Å². The molecule has 1 N–H and O–H groups in total. The molecule has 4 nitrogen and oxygen atoms in total. The Balaban J connectivity index is 1.56. The van der Waals surface area contributed by atoms with E-state index in [9.17, 15) is 0 Å². The highest BCUT2D eigenvalue weighted by Crippen LogP contribution is 2.44. The van der Waals surface area contributed by atoms with Crippen LogP contribution in [0.15, 0.2) is 72.6 Å². The van der Waals surface area contributed by atoms with Crippen LogP contribution in [0.4, 0.5) is 11.4 Å². The van der Waals surface area contributed by atoms with Crippen molar-refractivity contribution in [1.29, 1.82) is 0 Å². The Kier molecular flexibility index (Phi) is 6.98. The Morgan fingerprint density at radius 2 is 1.55 bits per heavy atom. The summed E-state index contributed by atoms with van der Waals surface area (Å²) in [5.74, 6) is 2.65. The normalized spacial score (nSPS) is 19.7. The van der Waals surface area contributed by atoms with Gasteiger partial charge in [0.15, 0.2) is 23.1 Å². The van der Waals surface area contributed by atoms with Crippen molar-refractivity contribution in [2.75, 3.05) is 18.4 Å². The molecule has 0 aliphatic carbocycles. The molecular formula is C27H35N2O2+. The maximum absolute atomic E-state index is 6.51. The smallest absolute Gasteiger partial charge is 0.258 e. The first-order valence-electron chi connectivity index (χ1n) is 11.8. The number of benzene rings is 2. The van der Waals surface area contributed by atoms with Crippen molar-refractivity contribution in [1.82, 2.24) is 4.48 Å². The molecule has 2 heterocycles. The zero-order chi connectivity index (χ0) is 21.5. The van der Waals surface area contributed by atoms with E-state index in [1.807, 2.05) is 30.3 Å². The molecule has 2 aromatic rings. The quantitative estimate of drug-likeness (QED) is 0.332. The van der Waals surface area contributed by atoms with Crippen LogP contribution in [0.2, 0.25) is 0 Å². The fourth-order valence-electron chi connectivity index (χ4n) is 4.64. The van der Waals surface area contributed by atoms with Crippen molar-refractivity contribution in [2.45, 2.75) is 58.6 Å². The fourth-order valence-corrected chi connectivity index (χ4v) is 4.64. The summed E-state index contributed by atoms with van der Waals surface area (Å²) < 4.78 is 13.3. The molecule has 1 unspecified atom stereocenters. The van der Waals surface area contributed by atoms with Gasteiger partial charge in [0.05, 0.1) is 18.8 Å². The second-order valence-corrected chi connectivity index (χ2v) is 8.51. The zero-order valence-corrected chi connectivity index (χ0v) is 18.8. The fraction of sp³-hybridized carbons (Fsp3) is 0.407. The molecule has 2 aliphatic heterocycles. The summed E-state index contributed by atoms with van der Waals surface area (Å²) >= 11 is 0. The number of rotatable bonds is 10. The van der Waals surface area contributed by atoms with E-state index in [-0.39, 0.29) is 6.23 Å². The van der Waals surface area contributed by atoms with Gasteiger partial charge in [0.2, 0.25) is 0 Å². The number of ether oxygens (including phenoxy) is 2. The lowest BCUT2D eigenvalue weighted by molar-refractivity contribution is 0.102. The number of hydrogen-bond acceptors (Lipinski definition) is 3. The molecule has 31 heavy (non-hydrogen) atoms. The minimum atomic E-state index is -0.00765. The molecule has 0 aromatic heterocycles. The number of anilines is 1. The van der Waals surface area contributed by atoms with Crippen molar-refractivity contribution < 1.29 is 9.47 Å². The van der Waals surface area contributed by atoms with Gasteiger partial charge >= 0.3 is 0 Å². The average Bonchev–Trinajstić information content (AvgIpc) is 3.33. The summed E-state index contributed by atoms with van der Waals surface area (Å²) in [5, 5.41) is 3.32. The first kappa shape index (κ1) is 21.5. The monoisotopic (exact) mass is 419 g/mol. The molecule has 0 spiro atoms. The van der Waals surface area contributed by atoms with E-state index in [1.54, 1.807) is 0 Å². The first-order chi connectivity index (χ1) is 15.3. The maximum Gasteiger partial charge on any atom is 0.258 e. The van der Waals surface area contributed by atoms with Crippen molar-refractivity contribution >= 4 is 11.4 Å². The van der Waals surface area contributed by atoms with Crippen LogP contribution in [0.5, 0.6) is 11.5 Å². The summed E-state index contributed by atoms with van der Waals surface area (Å²) in [5.41, 5.74) is 2.34. The zero-order valence-electron chi connectivity index (χ0n) is 18.8. The van der Waals surface area contributed by atoms with Crippen LogP contribution >= 0.6 is 0 Å². The molecule has 2 aromatic carbocycles. The number of fused-ring (bicyclic) bond motifs is 2. The van der Waals surface area contributed by atoms with E-state index in [0.29, 0.717) is 0 Å². The topological polar surface area (TPSA) is 30.5 Å². The number of nitrogens with zero attached hydrogens (tertiary/aromatic N) is 1.